The van der Waals surface area contributed by atoms with Gasteiger partial charge in [0, 0.05) is 28.4 Å². The van der Waals surface area contributed by atoms with Gasteiger partial charge in [-0.1, -0.05) is 0 Å². The molecule has 0 aliphatic carbocycles. The molecule has 2 aromatic carbocycles. The van der Waals surface area contributed by atoms with Crippen molar-refractivity contribution in [1.82, 2.24) is 4.98 Å². The number of H-pyrrole nitrogens is 1. The molecule has 0 aliphatic heterocycles. The molecule has 0 saturated carbocycles. The first-order chi connectivity index (χ1) is 12.0. The summed E-state index contributed by atoms with van der Waals surface area (Å²) in [5, 5.41) is 3.16. The Morgan fingerprint density at radius 3 is 2.40 bits per heavy atom. The number of aromatic amines is 1. The van der Waals surface area contributed by atoms with Gasteiger partial charge in [-0.2, -0.15) is 0 Å². The smallest absolute Gasteiger partial charge is 0.296 e. The Kier molecular flexibility index (Phi) is 4.35. The second-order valence-electron chi connectivity index (χ2n) is 5.53. The van der Waals surface area contributed by atoms with E-state index in [0.717, 1.165) is 5.52 Å². The van der Waals surface area contributed by atoms with E-state index in [1.807, 2.05) is 0 Å². The van der Waals surface area contributed by atoms with Crippen molar-refractivity contribution in [3.05, 3.63) is 59.8 Å². The van der Waals surface area contributed by atoms with E-state index >= 15 is 0 Å². The predicted molar refractivity (Wildman–Crippen MR) is 94.3 cm³/mol. The van der Waals surface area contributed by atoms with Gasteiger partial charge in [-0.25, -0.2) is 0 Å². The summed E-state index contributed by atoms with van der Waals surface area (Å²) in [6.07, 6.45) is 1.50. The number of hydrogen-bond acceptors (Lipinski definition) is 4. The Morgan fingerprint density at radius 1 is 1.04 bits per heavy atom. The maximum atomic E-state index is 12.5. The number of nitrogens with one attached hydrogen (secondary N) is 2. The highest BCUT2D eigenvalue weighted by Crippen LogP contribution is 2.24. The molecule has 3 aromatic rings. The summed E-state index contributed by atoms with van der Waals surface area (Å²) < 4.78 is 5.16. The molecule has 0 radical (unpaired) electrons. The highest BCUT2D eigenvalue weighted by Gasteiger charge is 2.20. The van der Waals surface area contributed by atoms with Crippen LogP contribution >= 0.6 is 0 Å². The molecule has 126 valence electrons. The lowest BCUT2D eigenvalue weighted by Crippen LogP contribution is -2.22. The summed E-state index contributed by atoms with van der Waals surface area (Å²) >= 11 is 0. The summed E-state index contributed by atoms with van der Waals surface area (Å²) in [5.41, 5.74) is 1.99. The van der Waals surface area contributed by atoms with E-state index in [9.17, 15) is 14.4 Å². The summed E-state index contributed by atoms with van der Waals surface area (Å²) in [6.45, 7) is 1.46. The first-order valence-electron chi connectivity index (χ1n) is 7.61. The third kappa shape index (κ3) is 3.28. The Hall–Kier alpha value is -3.41. The predicted octanol–water partition coefficient (Wildman–Crippen LogP) is 3.20. The molecule has 0 spiro atoms. The van der Waals surface area contributed by atoms with Crippen molar-refractivity contribution in [2.75, 3.05) is 12.4 Å². The number of fused-ring (bicyclic) bond motifs is 1. The van der Waals surface area contributed by atoms with Crippen molar-refractivity contribution < 1.29 is 19.1 Å². The minimum absolute atomic E-state index is 0.0679. The van der Waals surface area contributed by atoms with Crippen LogP contribution in [0.15, 0.2) is 48.7 Å². The first kappa shape index (κ1) is 16.4. The normalized spacial score (nSPS) is 10.5. The van der Waals surface area contributed by atoms with E-state index in [4.69, 9.17) is 4.74 Å². The zero-order chi connectivity index (χ0) is 18.0. The molecular weight excluding hydrogens is 320 g/mol. The summed E-state index contributed by atoms with van der Waals surface area (Å²) in [7, 11) is 1.53. The Bertz CT molecular complexity index is 971. The van der Waals surface area contributed by atoms with E-state index in [-0.39, 0.29) is 11.3 Å². The van der Waals surface area contributed by atoms with Gasteiger partial charge >= 0.3 is 0 Å². The van der Waals surface area contributed by atoms with Crippen molar-refractivity contribution in [2.45, 2.75) is 6.92 Å². The minimum atomic E-state index is -0.751. The fourth-order valence-corrected chi connectivity index (χ4v) is 2.51. The lowest BCUT2D eigenvalue weighted by Gasteiger charge is -2.05. The van der Waals surface area contributed by atoms with Crippen molar-refractivity contribution in [1.29, 1.82) is 0 Å². The van der Waals surface area contributed by atoms with Crippen LogP contribution in [-0.4, -0.2) is 29.6 Å². The lowest BCUT2D eigenvalue weighted by molar-refractivity contribution is -0.112. The number of Topliss-reactive ketones (excluding diaryl/α,β-unsaturated/α-hetero) is 2. The van der Waals surface area contributed by atoms with Crippen LogP contribution in [0.5, 0.6) is 5.75 Å². The van der Waals surface area contributed by atoms with Gasteiger partial charge in [0.05, 0.1) is 12.7 Å². The summed E-state index contributed by atoms with van der Waals surface area (Å²) in [4.78, 5) is 39.0. The van der Waals surface area contributed by atoms with Crippen molar-refractivity contribution in [3.8, 4) is 5.75 Å². The molecule has 0 bridgehead atoms. The number of amides is 1. The summed E-state index contributed by atoms with van der Waals surface area (Å²) in [5.74, 6) is -0.877. The standard InChI is InChI=1S/C19H16N2O4/c1-11(22)12-3-5-13(6-4-12)21-19(24)18(23)16-10-20-17-8-7-14(25-2)9-15(16)17/h3-10,20H,1-2H3,(H,21,24). The molecule has 0 saturated heterocycles. The van der Waals surface area contributed by atoms with Crippen LogP contribution in [0, 0.1) is 0 Å². The number of carbonyl (C=O) groups is 3. The number of methoxy groups -OCH3 is 1. The van der Waals surface area contributed by atoms with Crippen LogP contribution in [0.3, 0.4) is 0 Å². The van der Waals surface area contributed by atoms with E-state index in [0.29, 0.717) is 22.4 Å². The van der Waals surface area contributed by atoms with Crippen LogP contribution in [0.2, 0.25) is 0 Å². The van der Waals surface area contributed by atoms with Crippen molar-refractivity contribution >= 4 is 34.1 Å². The first-order valence-corrected chi connectivity index (χ1v) is 7.61. The Morgan fingerprint density at radius 2 is 1.76 bits per heavy atom. The van der Waals surface area contributed by atoms with Gasteiger partial charge in [0.2, 0.25) is 0 Å². The second kappa shape index (κ2) is 6.60. The molecule has 6 heteroatoms. The van der Waals surface area contributed by atoms with Crippen LogP contribution in [0.1, 0.15) is 27.6 Å². The van der Waals surface area contributed by atoms with Gasteiger partial charge in [-0.15, -0.1) is 0 Å². The number of anilines is 1. The van der Waals surface area contributed by atoms with Gasteiger partial charge in [0.1, 0.15) is 5.75 Å². The van der Waals surface area contributed by atoms with E-state index in [1.165, 1.54) is 20.2 Å². The Labute approximate surface area is 143 Å². The molecule has 1 aromatic heterocycles. The quantitative estimate of drug-likeness (QED) is 0.553. The van der Waals surface area contributed by atoms with E-state index < -0.39 is 11.7 Å². The number of rotatable bonds is 5. The topological polar surface area (TPSA) is 88.3 Å². The van der Waals surface area contributed by atoms with Crippen molar-refractivity contribution in [2.24, 2.45) is 0 Å². The number of benzene rings is 2. The number of carbonyl (C=O) groups excluding carboxylic acids is 3. The molecule has 6 nitrogen and oxygen atoms in total. The monoisotopic (exact) mass is 336 g/mol. The zero-order valence-corrected chi connectivity index (χ0v) is 13.8. The fourth-order valence-electron chi connectivity index (χ4n) is 2.51. The number of ketones is 2. The zero-order valence-electron chi connectivity index (χ0n) is 13.8. The van der Waals surface area contributed by atoms with Crippen LogP contribution in [0.4, 0.5) is 5.69 Å². The molecule has 0 atom stereocenters. The van der Waals surface area contributed by atoms with E-state index in [2.05, 4.69) is 10.3 Å². The van der Waals surface area contributed by atoms with Gasteiger partial charge in [0.15, 0.2) is 5.78 Å². The lowest BCUT2D eigenvalue weighted by atomic mass is 10.1. The van der Waals surface area contributed by atoms with Crippen LogP contribution in [-0.2, 0) is 4.79 Å². The molecule has 1 amide bonds. The molecule has 2 N–H and O–H groups in total. The molecule has 0 unspecified atom stereocenters. The van der Waals surface area contributed by atoms with Gasteiger partial charge in [-0.05, 0) is 49.4 Å². The number of ether oxygens (including phenoxy) is 1. The van der Waals surface area contributed by atoms with Crippen molar-refractivity contribution in [3.63, 3.8) is 0 Å². The van der Waals surface area contributed by atoms with Gasteiger partial charge in [-0.3, -0.25) is 14.4 Å². The third-order valence-corrected chi connectivity index (χ3v) is 3.89. The maximum Gasteiger partial charge on any atom is 0.296 e. The van der Waals surface area contributed by atoms with Gasteiger partial charge in [0.25, 0.3) is 11.7 Å². The number of hydrogen-bond donors (Lipinski definition) is 2. The number of aromatic nitrogens is 1. The average Bonchev–Trinajstić information content (AvgIpc) is 3.04. The van der Waals surface area contributed by atoms with Crippen LogP contribution in [0.25, 0.3) is 10.9 Å². The second-order valence-corrected chi connectivity index (χ2v) is 5.53. The summed E-state index contributed by atoms with van der Waals surface area (Å²) in [6, 6.07) is 11.6. The molecule has 3 rings (SSSR count). The molecule has 1 heterocycles. The largest absolute Gasteiger partial charge is 0.497 e. The van der Waals surface area contributed by atoms with Crippen LogP contribution < -0.4 is 10.1 Å². The molecule has 0 fully saturated rings. The highest BCUT2D eigenvalue weighted by atomic mass is 16.5. The molecule has 0 aliphatic rings. The molecule has 25 heavy (non-hydrogen) atoms. The highest BCUT2D eigenvalue weighted by molar-refractivity contribution is 6.48. The minimum Gasteiger partial charge on any atom is -0.497 e. The molecular formula is C19H16N2O4. The van der Waals surface area contributed by atoms with Gasteiger partial charge < -0.3 is 15.0 Å². The third-order valence-electron chi connectivity index (χ3n) is 3.89. The SMILES string of the molecule is COc1ccc2[nH]cc(C(=O)C(=O)Nc3ccc(C(C)=O)cc3)c2c1. The Balaban J connectivity index is 1.83. The maximum absolute atomic E-state index is 12.5. The van der Waals surface area contributed by atoms with E-state index in [1.54, 1.807) is 42.5 Å². The average molecular weight is 336 g/mol. The fraction of sp³-hybridized carbons (Fsp3) is 0.105.